The molecular weight excluding hydrogens is 286 g/mol. The SMILES string of the molecule is [CH2]CCCC(CCC(=O)c1ccccc1)C(=N)SC=S. The van der Waals surface area contributed by atoms with Crippen LogP contribution in [0, 0.1) is 18.3 Å². The van der Waals surface area contributed by atoms with Crippen LogP contribution in [0.5, 0.6) is 0 Å². The molecule has 1 rings (SSSR count). The van der Waals surface area contributed by atoms with Crippen molar-refractivity contribution in [1.29, 1.82) is 5.41 Å². The lowest BCUT2D eigenvalue weighted by Gasteiger charge is -2.15. The van der Waals surface area contributed by atoms with Crippen LogP contribution in [-0.4, -0.2) is 15.5 Å². The minimum Gasteiger partial charge on any atom is -0.298 e. The highest BCUT2D eigenvalue weighted by Crippen LogP contribution is 2.22. The highest BCUT2D eigenvalue weighted by atomic mass is 32.2. The Morgan fingerprint density at radius 2 is 2.05 bits per heavy atom. The number of hydrogen-bond acceptors (Lipinski definition) is 4. The van der Waals surface area contributed by atoms with E-state index >= 15 is 0 Å². The van der Waals surface area contributed by atoms with Gasteiger partial charge in [0.15, 0.2) is 5.78 Å². The van der Waals surface area contributed by atoms with E-state index in [-0.39, 0.29) is 11.7 Å². The summed E-state index contributed by atoms with van der Waals surface area (Å²) in [4.78, 5) is 12.1. The van der Waals surface area contributed by atoms with Crippen LogP contribution in [0.15, 0.2) is 30.3 Å². The zero-order valence-electron chi connectivity index (χ0n) is 11.5. The Hall–Kier alpha value is -1.00. The average Bonchev–Trinajstić information content (AvgIpc) is 2.48. The first-order chi connectivity index (χ1) is 9.69. The van der Waals surface area contributed by atoms with Crippen molar-refractivity contribution in [2.75, 3.05) is 0 Å². The summed E-state index contributed by atoms with van der Waals surface area (Å²) in [6.45, 7) is 3.83. The Bertz CT molecular complexity index is 445. The summed E-state index contributed by atoms with van der Waals surface area (Å²) in [5.74, 6) is 0.263. The molecule has 0 saturated carbocycles. The van der Waals surface area contributed by atoms with E-state index in [1.807, 2.05) is 30.3 Å². The van der Waals surface area contributed by atoms with Crippen LogP contribution >= 0.6 is 24.0 Å². The van der Waals surface area contributed by atoms with Crippen molar-refractivity contribution in [2.24, 2.45) is 5.92 Å². The molecule has 1 aromatic carbocycles. The molecule has 0 bridgehead atoms. The second-order valence-electron chi connectivity index (χ2n) is 4.60. The van der Waals surface area contributed by atoms with E-state index in [2.05, 4.69) is 6.92 Å². The smallest absolute Gasteiger partial charge is 0.162 e. The predicted octanol–water partition coefficient (Wildman–Crippen LogP) is 4.94. The Morgan fingerprint density at radius 3 is 2.65 bits per heavy atom. The molecule has 1 N–H and O–H groups in total. The second-order valence-corrected chi connectivity index (χ2v) is 6.04. The lowest BCUT2D eigenvalue weighted by atomic mass is 9.95. The minimum atomic E-state index is 0.119. The summed E-state index contributed by atoms with van der Waals surface area (Å²) in [6.07, 6.45) is 3.93. The lowest BCUT2D eigenvalue weighted by Crippen LogP contribution is -2.13. The number of rotatable bonds is 9. The molecule has 0 saturated heterocycles. The second kappa shape index (κ2) is 9.83. The lowest BCUT2D eigenvalue weighted by molar-refractivity contribution is 0.0976. The summed E-state index contributed by atoms with van der Waals surface area (Å²) < 4.78 is 1.51. The van der Waals surface area contributed by atoms with E-state index in [4.69, 9.17) is 17.6 Å². The molecule has 1 unspecified atom stereocenters. The maximum absolute atomic E-state index is 12.1. The normalized spacial score (nSPS) is 11.8. The van der Waals surface area contributed by atoms with E-state index in [0.717, 1.165) is 24.8 Å². The monoisotopic (exact) mass is 306 g/mol. The molecule has 0 aromatic heterocycles. The molecule has 0 aliphatic heterocycles. The largest absolute Gasteiger partial charge is 0.298 e. The fourth-order valence-corrected chi connectivity index (χ4v) is 2.86. The molecule has 2 nitrogen and oxygen atoms in total. The number of benzene rings is 1. The number of hydrogen-bond donors (Lipinski definition) is 1. The summed E-state index contributed by atoms with van der Waals surface area (Å²) in [6, 6.07) is 9.32. The molecule has 4 heteroatoms. The van der Waals surface area contributed by atoms with Gasteiger partial charge in [-0.25, -0.2) is 0 Å². The zero-order valence-corrected chi connectivity index (χ0v) is 13.1. The third kappa shape index (κ3) is 5.97. The van der Waals surface area contributed by atoms with E-state index < -0.39 is 0 Å². The Kier molecular flexibility index (Phi) is 8.38. The van der Waals surface area contributed by atoms with Gasteiger partial charge in [0.05, 0.1) is 5.04 Å². The van der Waals surface area contributed by atoms with Gasteiger partial charge in [-0.15, -0.1) is 0 Å². The van der Waals surface area contributed by atoms with Crippen LogP contribution in [0.4, 0.5) is 0 Å². The molecule has 107 valence electrons. The van der Waals surface area contributed by atoms with Crippen LogP contribution < -0.4 is 0 Å². The molecule has 20 heavy (non-hydrogen) atoms. The first-order valence-electron chi connectivity index (χ1n) is 6.75. The maximum Gasteiger partial charge on any atom is 0.162 e. The standard InChI is InChI=1S/C16H20NOS2/c1-2-3-7-14(16(17)20-12-19)10-11-15(18)13-8-5-4-6-9-13/h4-6,8-9,12,14,17H,1-3,7,10-11H2. The van der Waals surface area contributed by atoms with Gasteiger partial charge in [-0.2, -0.15) is 0 Å². The third-order valence-electron chi connectivity index (χ3n) is 3.16. The summed E-state index contributed by atoms with van der Waals surface area (Å²) >= 11 is 6.07. The van der Waals surface area contributed by atoms with Crippen molar-refractivity contribution >= 4 is 39.5 Å². The average molecular weight is 306 g/mol. The van der Waals surface area contributed by atoms with Gasteiger partial charge in [-0.3, -0.25) is 10.2 Å². The summed E-state index contributed by atoms with van der Waals surface area (Å²) in [7, 11) is 0. The maximum atomic E-state index is 12.1. The number of ketones is 1. The Morgan fingerprint density at radius 1 is 1.35 bits per heavy atom. The molecule has 0 aliphatic carbocycles. The van der Waals surface area contributed by atoms with Crippen molar-refractivity contribution in [1.82, 2.24) is 0 Å². The van der Waals surface area contributed by atoms with Crippen molar-refractivity contribution in [3.05, 3.63) is 42.8 Å². The fourth-order valence-electron chi connectivity index (χ4n) is 2.02. The third-order valence-corrected chi connectivity index (χ3v) is 4.14. The zero-order chi connectivity index (χ0) is 14.8. The van der Waals surface area contributed by atoms with Crippen molar-refractivity contribution in [2.45, 2.75) is 32.1 Å². The number of carbonyl (C=O) groups excluding carboxylic acids is 1. The number of thiocarbonyl (C=S) groups is 1. The van der Waals surface area contributed by atoms with Crippen LogP contribution in [0.25, 0.3) is 0 Å². The number of carbonyl (C=O) groups is 1. The molecule has 1 radical (unpaired) electrons. The van der Waals surface area contributed by atoms with E-state index in [9.17, 15) is 4.79 Å². The van der Waals surface area contributed by atoms with Crippen molar-refractivity contribution < 1.29 is 4.79 Å². The molecule has 0 amide bonds. The Labute approximate surface area is 130 Å². The summed E-state index contributed by atoms with van der Waals surface area (Å²) in [5, 5.41) is 8.57. The Balaban J connectivity index is 2.54. The topological polar surface area (TPSA) is 40.9 Å². The first kappa shape index (κ1) is 17.1. The molecule has 0 spiro atoms. The molecule has 0 aliphatic rings. The number of thioether (sulfide) groups is 1. The first-order valence-corrected chi connectivity index (χ1v) is 8.10. The van der Waals surface area contributed by atoms with Gasteiger partial charge in [0.2, 0.25) is 0 Å². The highest BCUT2D eigenvalue weighted by molar-refractivity contribution is 8.31. The van der Waals surface area contributed by atoms with Gasteiger partial charge in [-0.05, 0) is 12.8 Å². The van der Waals surface area contributed by atoms with Gasteiger partial charge in [0, 0.05) is 22.6 Å². The number of nitrogens with one attached hydrogen (secondary N) is 1. The minimum absolute atomic E-state index is 0.119. The molecule has 1 aromatic rings. The molecule has 0 heterocycles. The van der Waals surface area contributed by atoms with Crippen LogP contribution in [0.2, 0.25) is 0 Å². The van der Waals surface area contributed by atoms with E-state index in [0.29, 0.717) is 17.9 Å². The van der Waals surface area contributed by atoms with E-state index in [1.54, 1.807) is 0 Å². The number of Topliss-reactive ketones (excluding diaryl/α,β-unsaturated/α-hetero) is 1. The highest BCUT2D eigenvalue weighted by Gasteiger charge is 2.16. The quantitative estimate of drug-likeness (QED) is 0.304. The predicted molar refractivity (Wildman–Crippen MR) is 91.7 cm³/mol. The van der Waals surface area contributed by atoms with Crippen LogP contribution in [0.3, 0.4) is 0 Å². The van der Waals surface area contributed by atoms with Crippen molar-refractivity contribution in [3.63, 3.8) is 0 Å². The van der Waals surface area contributed by atoms with Gasteiger partial charge in [0.25, 0.3) is 0 Å². The van der Waals surface area contributed by atoms with Gasteiger partial charge < -0.3 is 0 Å². The molecule has 1 atom stereocenters. The molecule has 0 fully saturated rings. The van der Waals surface area contributed by atoms with Crippen molar-refractivity contribution in [3.8, 4) is 0 Å². The summed E-state index contributed by atoms with van der Waals surface area (Å²) in [5.41, 5.74) is 0.748. The van der Waals surface area contributed by atoms with Gasteiger partial charge in [0.1, 0.15) is 0 Å². The van der Waals surface area contributed by atoms with E-state index in [1.165, 1.54) is 16.5 Å². The fraction of sp³-hybridized carbons (Fsp3) is 0.375. The van der Waals surface area contributed by atoms with Crippen LogP contribution in [-0.2, 0) is 0 Å². The van der Waals surface area contributed by atoms with Gasteiger partial charge in [-0.1, -0.05) is 74.1 Å². The van der Waals surface area contributed by atoms with Gasteiger partial charge >= 0.3 is 0 Å². The van der Waals surface area contributed by atoms with Crippen LogP contribution in [0.1, 0.15) is 42.5 Å². The number of unbranched alkanes of at least 4 members (excludes halogenated alkanes) is 1. The molecular formula is C16H20NOS2.